The van der Waals surface area contributed by atoms with Gasteiger partial charge in [0.25, 0.3) is 17.4 Å². The van der Waals surface area contributed by atoms with Crippen LogP contribution in [0.2, 0.25) is 5.02 Å². The number of hydrogen-bond donors (Lipinski definition) is 0. The minimum absolute atomic E-state index is 0.0177. The van der Waals surface area contributed by atoms with E-state index in [9.17, 15) is 17.8 Å². The molecule has 1 atom stereocenters. The fourth-order valence-corrected chi connectivity index (χ4v) is 8.51. The summed E-state index contributed by atoms with van der Waals surface area (Å²) in [5.74, 6) is -0.934. The Morgan fingerprint density at radius 3 is 2.32 bits per heavy atom. The van der Waals surface area contributed by atoms with Crippen LogP contribution in [0, 0.1) is 0 Å². The molecule has 194 valence electrons. The number of aryl methyl sites for hydroxylation is 1. The number of halogens is 1. The van der Waals surface area contributed by atoms with Gasteiger partial charge in [-0.15, -0.1) is 0 Å². The third-order valence-electron chi connectivity index (χ3n) is 5.87. The molecule has 37 heavy (non-hydrogen) atoms. The maximum Gasteiger partial charge on any atom is 0.356 e. The van der Waals surface area contributed by atoms with Crippen molar-refractivity contribution in [2.45, 2.75) is 32.1 Å². The fraction of sp³-hybridized carbons (Fsp3) is 0.222. The van der Waals surface area contributed by atoms with Gasteiger partial charge in [-0.25, -0.2) is 17.2 Å². The van der Waals surface area contributed by atoms with E-state index in [0.717, 1.165) is 9.54 Å². The normalized spacial score (nSPS) is 13.4. The van der Waals surface area contributed by atoms with E-state index in [4.69, 9.17) is 20.9 Å². The number of ether oxygens (including phenoxy) is 1. The van der Waals surface area contributed by atoms with Crippen molar-refractivity contribution in [3.05, 3.63) is 89.1 Å². The van der Waals surface area contributed by atoms with Crippen molar-refractivity contribution in [3.8, 4) is 0 Å². The summed E-state index contributed by atoms with van der Waals surface area (Å²) in [6.07, 6.45) is 0.681. The lowest BCUT2D eigenvalue weighted by Gasteiger charge is -2.20. The topological polar surface area (TPSA) is 91.7 Å². The predicted molar refractivity (Wildman–Crippen MR) is 146 cm³/mol. The number of aromatic nitrogens is 1. The molecule has 7 nitrogen and oxygen atoms in total. The second-order valence-electron chi connectivity index (χ2n) is 8.15. The molecule has 0 amide bonds. The average Bonchev–Trinajstić information content (AvgIpc) is 3.25. The van der Waals surface area contributed by atoms with Crippen LogP contribution >= 0.6 is 19.0 Å². The summed E-state index contributed by atoms with van der Waals surface area (Å²) >= 11 is 6.34. The number of benzene rings is 3. The Hall–Kier alpha value is -2.90. The van der Waals surface area contributed by atoms with Crippen LogP contribution in [0.3, 0.4) is 0 Å². The lowest BCUT2D eigenvalue weighted by molar-refractivity contribution is 0.0520. The Kier molecular flexibility index (Phi) is 7.95. The van der Waals surface area contributed by atoms with Crippen molar-refractivity contribution in [3.63, 3.8) is 0 Å². The third-order valence-corrected chi connectivity index (χ3v) is 10.5. The standard InChI is InChI=1S/C27H27ClNO6PS/c1-4-19-11-10-12-21(17-19)36(31,35-6-3)26-23-18-20(28)15-16-24(23)29(25(26)27(30)34-5-2)37(32,33)22-13-8-7-9-14-22/h7-18H,4-6H2,1-3H3. The highest BCUT2D eigenvalue weighted by Gasteiger charge is 2.41. The highest BCUT2D eigenvalue weighted by atomic mass is 35.5. The lowest BCUT2D eigenvalue weighted by atomic mass is 10.2. The van der Waals surface area contributed by atoms with Crippen molar-refractivity contribution in [1.82, 2.24) is 3.97 Å². The number of carbonyl (C=O) groups is 1. The Balaban J connectivity index is 2.21. The van der Waals surface area contributed by atoms with Gasteiger partial charge in [-0.1, -0.05) is 48.9 Å². The van der Waals surface area contributed by atoms with Crippen LogP contribution in [0.1, 0.15) is 36.8 Å². The fourth-order valence-electron chi connectivity index (χ4n) is 4.25. The molecule has 0 aliphatic rings. The molecule has 0 spiro atoms. The van der Waals surface area contributed by atoms with Crippen molar-refractivity contribution in [2.24, 2.45) is 0 Å². The summed E-state index contributed by atoms with van der Waals surface area (Å²) in [6, 6.07) is 19.3. The Labute approximate surface area is 221 Å². The summed E-state index contributed by atoms with van der Waals surface area (Å²) in [5, 5.41) is 0.797. The molecule has 1 unspecified atom stereocenters. The molecule has 1 heterocycles. The van der Waals surface area contributed by atoms with E-state index < -0.39 is 23.4 Å². The first kappa shape index (κ1) is 27.1. The van der Waals surface area contributed by atoms with E-state index >= 15 is 0 Å². The van der Waals surface area contributed by atoms with E-state index in [1.165, 1.54) is 30.3 Å². The van der Waals surface area contributed by atoms with Gasteiger partial charge in [0.15, 0.2) is 5.69 Å². The molecule has 4 aromatic rings. The zero-order chi connectivity index (χ0) is 26.8. The number of carbonyl (C=O) groups excluding carboxylic acids is 1. The molecule has 10 heteroatoms. The average molecular weight is 560 g/mol. The minimum Gasteiger partial charge on any atom is -0.461 e. The van der Waals surface area contributed by atoms with Crippen LogP contribution < -0.4 is 10.6 Å². The molecule has 0 radical (unpaired) electrons. The monoisotopic (exact) mass is 559 g/mol. The van der Waals surface area contributed by atoms with E-state index in [0.29, 0.717) is 11.7 Å². The second kappa shape index (κ2) is 10.8. The number of esters is 1. The van der Waals surface area contributed by atoms with E-state index in [2.05, 4.69) is 0 Å². The Morgan fingerprint density at radius 1 is 0.946 bits per heavy atom. The molecule has 4 rings (SSSR count). The van der Waals surface area contributed by atoms with Crippen molar-refractivity contribution in [1.29, 1.82) is 0 Å². The quantitative estimate of drug-likeness (QED) is 0.198. The van der Waals surface area contributed by atoms with Crippen molar-refractivity contribution in [2.75, 3.05) is 13.2 Å². The molecule has 0 aliphatic carbocycles. The molecule has 0 saturated carbocycles. The van der Waals surface area contributed by atoms with Crippen LogP contribution in [0.5, 0.6) is 0 Å². The largest absolute Gasteiger partial charge is 0.461 e. The van der Waals surface area contributed by atoms with Gasteiger partial charge in [0, 0.05) is 15.7 Å². The van der Waals surface area contributed by atoms with Crippen LogP contribution in [0.25, 0.3) is 10.9 Å². The number of hydrogen-bond acceptors (Lipinski definition) is 6. The van der Waals surface area contributed by atoms with Gasteiger partial charge in [-0.05, 0) is 68.3 Å². The van der Waals surface area contributed by atoms with Gasteiger partial charge in [0.1, 0.15) is 0 Å². The molecular weight excluding hydrogens is 533 g/mol. The maximum absolute atomic E-state index is 14.9. The smallest absolute Gasteiger partial charge is 0.356 e. The Morgan fingerprint density at radius 2 is 1.68 bits per heavy atom. The molecule has 0 bridgehead atoms. The van der Waals surface area contributed by atoms with Crippen LogP contribution in [-0.2, 0) is 30.3 Å². The van der Waals surface area contributed by atoms with Gasteiger partial charge >= 0.3 is 5.97 Å². The van der Waals surface area contributed by atoms with Gasteiger partial charge in [-0.2, -0.15) is 0 Å². The van der Waals surface area contributed by atoms with Gasteiger partial charge < -0.3 is 9.26 Å². The number of fused-ring (bicyclic) bond motifs is 1. The van der Waals surface area contributed by atoms with E-state index in [1.807, 2.05) is 13.0 Å². The first-order chi connectivity index (χ1) is 17.7. The van der Waals surface area contributed by atoms with Crippen molar-refractivity contribution < 1.29 is 27.0 Å². The minimum atomic E-state index is -4.33. The summed E-state index contributed by atoms with van der Waals surface area (Å²) in [5.41, 5.74) is 0.674. The molecule has 3 aromatic carbocycles. The second-order valence-corrected chi connectivity index (χ2v) is 12.7. The molecule has 0 saturated heterocycles. The first-order valence-electron chi connectivity index (χ1n) is 11.8. The molecule has 0 N–H and O–H groups in total. The summed E-state index contributed by atoms with van der Waals surface area (Å²) in [7, 11) is -8.36. The zero-order valence-electron chi connectivity index (χ0n) is 20.7. The number of rotatable bonds is 9. The van der Waals surface area contributed by atoms with Crippen LogP contribution in [0.4, 0.5) is 0 Å². The van der Waals surface area contributed by atoms with Crippen LogP contribution in [-0.4, -0.2) is 31.6 Å². The van der Waals surface area contributed by atoms with E-state index in [1.54, 1.807) is 50.2 Å². The predicted octanol–water partition coefficient (Wildman–Crippen LogP) is 5.54. The van der Waals surface area contributed by atoms with Gasteiger partial charge in [0.05, 0.1) is 28.9 Å². The first-order valence-corrected chi connectivity index (χ1v) is 15.3. The zero-order valence-corrected chi connectivity index (χ0v) is 23.1. The number of nitrogens with zero attached hydrogens (tertiary/aromatic N) is 1. The SMILES string of the molecule is CCOC(=O)c1c(P(=O)(OCC)c2cccc(CC)c2)c2cc(Cl)ccc2n1S(=O)(=O)c1ccccc1. The highest BCUT2D eigenvalue weighted by Crippen LogP contribution is 2.49. The molecule has 0 aliphatic heterocycles. The summed E-state index contributed by atoms with van der Waals surface area (Å²) < 4.78 is 55.1. The van der Waals surface area contributed by atoms with Gasteiger partial charge in [-0.3, -0.25) is 4.57 Å². The molecule has 1 aromatic heterocycles. The molecular formula is C27H27ClNO6PS. The summed E-state index contributed by atoms with van der Waals surface area (Å²) in [4.78, 5) is 13.5. The third kappa shape index (κ3) is 4.87. The van der Waals surface area contributed by atoms with Crippen LogP contribution in [0.15, 0.2) is 77.7 Å². The maximum atomic E-state index is 14.9. The Bertz CT molecular complexity index is 1610. The molecule has 0 fully saturated rings. The van der Waals surface area contributed by atoms with Gasteiger partial charge in [0.2, 0.25) is 0 Å². The van der Waals surface area contributed by atoms with E-state index in [-0.39, 0.29) is 45.0 Å². The highest BCUT2D eigenvalue weighted by molar-refractivity contribution is 7.90. The lowest BCUT2D eigenvalue weighted by Crippen LogP contribution is -2.28. The summed E-state index contributed by atoms with van der Waals surface area (Å²) in [6.45, 7) is 5.30. The van der Waals surface area contributed by atoms with Crippen molar-refractivity contribution >= 4 is 56.5 Å².